The lowest BCUT2D eigenvalue weighted by molar-refractivity contribution is 0.912. The molecule has 1 N–H and O–H groups in total. The van der Waals surface area contributed by atoms with Crippen LogP contribution in [0.15, 0.2) is 36.7 Å². The molecule has 3 nitrogen and oxygen atoms in total. The van der Waals surface area contributed by atoms with Crippen LogP contribution in [0.5, 0.6) is 0 Å². The average molecular weight is 401 g/mol. The number of hydrogen-bond donors (Lipinski definition) is 1. The molecule has 110 valence electrons. The van der Waals surface area contributed by atoms with Crippen LogP contribution in [0.2, 0.25) is 0 Å². The molecule has 0 saturated heterocycles. The van der Waals surface area contributed by atoms with E-state index in [0.29, 0.717) is 0 Å². The van der Waals surface area contributed by atoms with Gasteiger partial charge in [-0.15, -0.1) is 0 Å². The van der Waals surface area contributed by atoms with Gasteiger partial charge in [-0.05, 0) is 83.7 Å². The Morgan fingerprint density at radius 2 is 1.91 bits per heavy atom. The van der Waals surface area contributed by atoms with E-state index in [1.165, 1.54) is 39.5 Å². The second-order valence-electron chi connectivity index (χ2n) is 5.78. The topological polar surface area (TPSA) is 37.8 Å². The van der Waals surface area contributed by atoms with E-state index in [1.807, 2.05) is 0 Å². The van der Waals surface area contributed by atoms with Gasteiger partial charge in [0.05, 0.1) is 5.52 Å². The minimum atomic E-state index is 0.876. The first kappa shape index (κ1) is 13.9. The highest BCUT2D eigenvalue weighted by molar-refractivity contribution is 14.1. The summed E-state index contributed by atoms with van der Waals surface area (Å²) < 4.78 is 1.19. The molecule has 3 aromatic rings. The van der Waals surface area contributed by atoms with Crippen molar-refractivity contribution >= 4 is 45.0 Å². The SMILES string of the molecule is Cc1ccc2c(Nc3ccc4c(c3)CCC4)ncnc2c1I. The summed E-state index contributed by atoms with van der Waals surface area (Å²) >= 11 is 2.36. The molecular weight excluding hydrogens is 385 g/mol. The van der Waals surface area contributed by atoms with Crippen molar-refractivity contribution in [2.45, 2.75) is 26.2 Å². The number of rotatable bonds is 2. The van der Waals surface area contributed by atoms with Gasteiger partial charge >= 0.3 is 0 Å². The molecule has 0 bridgehead atoms. The number of nitrogens with one attached hydrogen (secondary N) is 1. The number of hydrogen-bond acceptors (Lipinski definition) is 3. The van der Waals surface area contributed by atoms with Crippen LogP contribution in [-0.4, -0.2) is 9.97 Å². The molecule has 1 aliphatic carbocycles. The van der Waals surface area contributed by atoms with Crippen LogP contribution in [0.25, 0.3) is 10.9 Å². The van der Waals surface area contributed by atoms with Crippen LogP contribution >= 0.6 is 22.6 Å². The van der Waals surface area contributed by atoms with Crippen molar-refractivity contribution in [2.75, 3.05) is 5.32 Å². The fourth-order valence-corrected chi connectivity index (χ4v) is 3.69. The van der Waals surface area contributed by atoms with Gasteiger partial charge in [0.15, 0.2) is 0 Å². The molecule has 4 heteroatoms. The second-order valence-corrected chi connectivity index (χ2v) is 6.86. The molecule has 1 heterocycles. The van der Waals surface area contributed by atoms with Crippen LogP contribution in [-0.2, 0) is 12.8 Å². The van der Waals surface area contributed by atoms with Gasteiger partial charge in [-0.1, -0.05) is 12.1 Å². The zero-order chi connectivity index (χ0) is 15.1. The summed E-state index contributed by atoms with van der Waals surface area (Å²) in [6.07, 6.45) is 5.31. The highest BCUT2D eigenvalue weighted by Gasteiger charge is 2.12. The number of fused-ring (bicyclic) bond motifs is 2. The van der Waals surface area contributed by atoms with E-state index in [9.17, 15) is 0 Å². The molecule has 1 aliphatic rings. The third kappa shape index (κ3) is 2.35. The maximum absolute atomic E-state index is 4.44. The maximum Gasteiger partial charge on any atom is 0.141 e. The molecule has 1 aromatic heterocycles. The molecule has 22 heavy (non-hydrogen) atoms. The number of anilines is 2. The quantitative estimate of drug-likeness (QED) is 0.629. The van der Waals surface area contributed by atoms with Crippen molar-refractivity contribution < 1.29 is 0 Å². The average Bonchev–Trinajstić information content (AvgIpc) is 2.99. The number of nitrogens with zero attached hydrogens (tertiary/aromatic N) is 2. The number of aryl methyl sites for hydroxylation is 3. The molecule has 4 rings (SSSR count). The van der Waals surface area contributed by atoms with Crippen LogP contribution in [0.3, 0.4) is 0 Å². The Bertz CT molecular complexity index is 874. The second kappa shape index (κ2) is 5.50. The van der Waals surface area contributed by atoms with Crippen LogP contribution < -0.4 is 5.32 Å². The minimum absolute atomic E-state index is 0.876. The van der Waals surface area contributed by atoms with Crippen molar-refractivity contribution in [1.29, 1.82) is 0 Å². The van der Waals surface area contributed by atoms with Gasteiger partial charge in [0.2, 0.25) is 0 Å². The van der Waals surface area contributed by atoms with Gasteiger partial charge in [-0.25, -0.2) is 9.97 Å². The standard InChI is InChI=1S/C18H16IN3/c1-11-5-8-15-17(16(11)19)20-10-21-18(15)22-14-7-6-12-3-2-4-13(12)9-14/h5-10H,2-4H2,1H3,(H,20,21,22). The van der Waals surface area contributed by atoms with Crippen molar-refractivity contribution in [3.63, 3.8) is 0 Å². The first-order valence-electron chi connectivity index (χ1n) is 7.51. The summed E-state index contributed by atoms with van der Waals surface area (Å²) in [5, 5.41) is 4.54. The monoisotopic (exact) mass is 401 g/mol. The van der Waals surface area contributed by atoms with Gasteiger partial charge in [-0.3, -0.25) is 0 Å². The molecule has 0 aliphatic heterocycles. The summed E-state index contributed by atoms with van der Waals surface area (Å²) in [6, 6.07) is 10.9. The van der Waals surface area contributed by atoms with Gasteiger partial charge in [0.1, 0.15) is 12.1 Å². The Morgan fingerprint density at radius 1 is 1.05 bits per heavy atom. The third-order valence-electron chi connectivity index (χ3n) is 4.30. The van der Waals surface area contributed by atoms with E-state index in [4.69, 9.17) is 0 Å². The lowest BCUT2D eigenvalue weighted by Crippen LogP contribution is -1.98. The van der Waals surface area contributed by atoms with E-state index in [2.05, 4.69) is 75.1 Å². The normalized spacial score (nSPS) is 13.4. The van der Waals surface area contributed by atoms with E-state index in [-0.39, 0.29) is 0 Å². The Balaban J connectivity index is 1.77. The van der Waals surface area contributed by atoms with Gasteiger partial charge in [0, 0.05) is 14.6 Å². The maximum atomic E-state index is 4.44. The Labute approximate surface area is 143 Å². The number of halogens is 1. The minimum Gasteiger partial charge on any atom is -0.340 e. The Morgan fingerprint density at radius 3 is 2.82 bits per heavy atom. The van der Waals surface area contributed by atoms with Crippen molar-refractivity contribution in [1.82, 2.24) is 9.97 Å². The van der Waals surface area contributed by atoms with Gasteiger partial charge in [0.25, 0.3) is 0 Å². The molecule has 2 aromatic carbocycles. The first-order chi connectivity index (χ1) is 10.7. The molecule has 0 fully saturated rings. The summed E-state index contributed by atoms with van der Waals surface area (Å²) in [7, 11) is 0. The Kier molecular flexibility index (Phi) is 3.48. The summed E-state index contributed by atoms with van der Waals surface area (Å²) in [5.41, 5.74) is 6.32. The third-order valence-corrected chi connectivity index (χ3v) is 5.66. The molecular formula is C18H16IN3. The van der Waals surface area contributed by atoms with Crippen LogP contribution in [0.4, 0.5) is 11.5 Å². The fraction of sp³-hybridized carbons (Fsp3) is 0.222. The molecule has 0 atom stereocenters. The van der Waals surface area contributed by atoms with Crippen LogP contribution in [0.1, 0.15) is 23.1 Å². The number of benzene rings is 2. The summed E-state index contributed by atoms with van der Waals surface area (Å²) in [6.45, 7) is 2.11. The molecule has 0 amide bonds. The molecule has 0 spiro atoms. The lowest BCUT2D eigenvalue weighted by atomic mass is 10.1. The largest absolute Gasteiger partial charge is 0.340 e. The first-order valence-corrected chi connectivity index (χ1v) is 8.59. The van der Waals surface area contributed by atoms with E-state index in [1.54, 1.807) is 6.33 Å². The fourth-order valence-electron chi connectivity index (χ4n) is 3.08. The summed E-state index contributed by atoms with van der Waals surface area (Å²) in [5.74, 6) is 0.876. The number of aromatic nitrogens is 2. The van der Waals surface area contributed by atoms with Crippen LogP contribution in [0, 0.1) is 10.5 Å². The zero-order valence-electron chi connectivity index (χ0n) is 12.4. The zero-order valence-corrected chi connectivity index (χ0v) is 14.5. The van der Waals surface area contributed by atoms with Crippen molar-refractivity contribution in [3.05, 3.63) is 56.9 Å². The smallest absolute Gasteiger partial charge is 0.141 e. The molecule has 0 saturated carbocycles. The van der Waals surface area contributed by atoms with E-state index >= 15 is 0 Å². The highest BCUT2D eigenvalue weighted by Crippen LogP contribution is 2.30. The van der Waals surface area contributed by atoms with Crippen molar-refractivity contribution in [2.24, 2.45) is 0 Å². The van der Waals surface area contributed by atoms with Gasteiger partial charge in [-0.2, -0.15) is 0 Å². The summed E-state index contributed by atoms with van der Waals surface area (Å²) in [4.78, 5) is 8.88. The van der Waals surface area contributed by atoms with E-state index in [0.717, 1.165) is 22.4 Å². The molecule has 0 unspecified atom stereocenters. The van der Waals surface area contributed by atoms with Crippen molar-refractivity contribution in [3.8, 4) is 0 Å². The Hall–Kier alpha value is -1.69. The highest BCUT2D eigenvalue weighted by atomic mass is 127. The predicted octanol–water partition coefficient (Wildman–Crippen LogP) is 4.78. The van der Waals surface area contributed by atoms with E-state index < -0.39 is 0 Å². The lowest BCUT2D eigenvalue weighted by Gasteiger charge is -2.11. The molecule has 0 radical (unpaired) electrons. The predicted molar refractivity (Wildman–Crippen MR) is 98.7 cm³/mol. The van der Waals surface area contributed by atoms with Gasteiger partial charge < -0.3 is 5.32 Å².